The number of hydrogen-bond donors (Lipinski definition) is 2. The Morgan fingerprint density at radius 3 is 3.09 bits per heavy atom. The number of aryl methyl sites for hydroxylation is 1. The SMILES string of the molecule is Cc1ccc(CCNC(=O)c2cn[nH]c2C2CCOC2)cn1. The first-order chi connectivity index (χ1) is 10.7. The number of pyridine rings is 1. The van der Waals surface area contributed by atoms with Crippen molar-refractivity contribution in [2.45, 2.75) is 25.7 Å². The van der Waals surface area contributed by atoms with Crippen LogP contribution in [0.3, 0.4) is 0 Å². The molecule has 1 atom stereocenters. The van der Waals surface area contributed by atoms with Crippen LogP contribution in [-0.2, 0) is 11.2 Å². The summed E-state index contributed by atoms with van der Waals surface area (Å²) in [6, 6.07) is 4.01. The minimum Gasteiger partial charge on any atom is -0.381 e. The molecule has 2 aromatic rings. The van der Waals surface area contributed by atoms with Crippen LogP contribution in [0.4, 0.5) is 0 Å². The summed E-state index contributed by atoms with van der Waals surface area (Å²) in [5, 5.41) is 9.90. The molecule has 3 heterocycles. The molecule has 0 saturated carbocycles. The van der Waals surface area contributed by atoms with E-state index >= 15 is 0 Å². The predicted molar refractivity (Wildman–Crippen MR) is 81.8 cm³/mol. The Hall–Kier alpha value is -2.21. The highest BCUT2D eigenvalue weighted by Crippen LogP contribution is 2.25. The van der Waals surface area contributed by atoms with Crippen molar-refractivity contribution in [3.8, 4) is 0 Å². The number of rotatable bonds is 5. The molecule has 6 nitrogen and oxygen atoms in total. The number of aromatic amines is 1. The van der Waals surface area contributed by atoms with Gasteiger partial charge in [0.25, 0.3) is 5.91 Å². The Morgan fingerprint density at radius 1 is 1.45 bits per heavy atom. The van der Waals surface area contributed by atoms with E-state index in [1.165, 1.54) is 0 Å². The number of aromatic nitrogens is 3. The lowest BCUT2D eigenvalue weighted by atomic mass is 10.0. The van der Waals surface area contributed by atoms with Gasteiger partial charge in [-0.3, -0.25) is 14.9 Å². The van der Waals surface area contributed by atoms with Gasteiger partial charge in [-0.15, -0.1) is 0 Å². The molecule has 0 spiro atoms. The molecule has 2 N–H and O–H groups in total. The average molecular weight is 300 g/mol. The topological polar surface area (TPSA) is 79.9 Å². The quantitative estimate of drug-likeness (QED) is 0.879. The second kappa shape index (κ2) is 6.70. The van der Waals surface area contributed by atoms with Gasteiger partial charge in [-0.05, 0) is 31.4 Å². The molecule has 0 bridgehead atoms. The molecule has 1 unspecified atom stereocenters. The maximum atomic E-state index is 12.3. The molecular weight excluding hydrogens is 280 g/mol. The zero-order valence-electron chi connectivity index (χ0n) is 12.6. The largest absolute Gasteiger partial charge is 0.381 e. The van der Waals surface area contributed by atoms with Gasteiger partial charge in [0.15, 0.2) is 0 Å². The van der Waals surface area contributed by atoms with Crippen LogP contribution in [0.1, 0.15) is 39.6 Å². The fourth-order valence-corrected chi connectivity index (χ4v) is 2.61. The van der Waals surface area contributed by atoms with Crippen molar-refractivity contribution in [3.63, 3.8) is 0 Å². The van der Waals surface area contributed by atoms with Crippen LogP contribution >= 0.6 is 0 Å². The number of hydrogen-bond acceptors (Lipinski definition) is 4. The van der Waals surface area contributed by atoms with Crippen molar-refractivity contribution >= 4 is 5.91 Å². The summed E-state index contributed by atoms with van der Waals surface area (Å²) in [6.45, 7) is 3.93. The Kier molecular flexibility index (Phi) is 4.48. The zero-order valence-corrected chi connectivity index (χ0v) is 12.6. The molecule has 6 heteroatoms. The van der Waals surface area contributed by atoms with Crippen molar-refractivity contribution in [1.29, 1.82) is 0 Å². The molecular formula is C16H20N4O2. The average Bonchev–Trinajstić information content (AvgIpc) is 3.19. The highest BCUT2D eigenvalue weighted by atomic mass is 16.5. The summed E-state index contributed by atoms with van der Waals surface area (Å²) in [5.74, 6) is 0.153. The maximum absolute atomic E-state index is 12.3. The third kappa shape index (κ3) is 3.33. The van der Waals surface area contributed by atoms with Gasteiger partial charge < -0.3 is 10.1 Å². The Morgan fingerprint density at radius 2 is 2.36 bits per heavy atom. The van der Waals surface area contributed by atoms with Gasteiger partial charge in [-0.1, -0.05) is 6.07 Å². The highest BCUT2D eigenvalue weighted by molar-refractivity contribution is 5.95. The molecule has 1 aliphatic heterocycles. The van der Waals surface area contributed by atoms with Gasteiger partial charge in [0.05, 0.1) is 24.1 Å². The van der Waals surface area contributed by atoms with Crippen LogP contribution in [0.15, 0.2) is 24.5 Å². The van der Waals surface area contributed by atoms with Crippen LogP contribution in [0.2, 0.25) is 0 Å². The lowest BCUT2D eigenvalue weighted by molar-refractivity contribution is 0.0952. The normalized spacial score (nSPS) is 17.6. The lowest BCUT2D eigenvalue weighted by Crippen LogP contribution is -2.26. The van der Waals surface area contributed by atoms with Gasteiger partial charge in [0.1, 0.15) is 0 Å². The summed E-state index contributed by atoms with van der Waals surface area (Å²) in [4.78, 5) is 16.6. The second-order valence-electron chi connectivity index (χ2n) is 5.57. The summed E-state index contributed by atoms with van der Waals surface area (Å²) in [5.41, 5.74) is 3.61. The van der Waals surface area contributed by atoms with Gasteiger partial charge in [-0.25, -0.2) is 0 Å². The minimum atomic E-state index is -0.0873. The van der Waals surface area contributed by atoms with E-state index in [9.17, 15) is 4.79 Å². The summed E-state index contributed by atoms with van der Waals surface area (Å²) < 4.78 is 5.38. The number of amides is 1. The van der Waals surface area contributed by atoms with Crippen LogP contribution < -0.4 is 5.32 Å². The fraction of sp³-hybridized carbons (Fsp3) is 0.438. The molecule has 116 valence electrons. The van der Waals surface area contributed by atoms with E-state index in [1.807, 2.05) is 25.3 Å². The monoisotopic (exact) mass is 300 g/mol. The van der Waals surface area contributed by atoms with Crippen molar-refractivity contribution in [3.05, 3.63) is 47.0 Å². The number of carbonyl (C=O) groups is 1. The van der Waals surface area contributed by atoms with E-state index < -0.39 is 0 Å². The Balaban J connectivity index is 1.56. The molecule has 0 radical (unpaired) electrons. The van der Waals surface area contributed by atoms with E-state index in [1.54, 1.807) is 6.20 Å². The van der Waals surface area contributed by atoms with Crippen molar-refractivity contribution in [2.75, 3.05) is 19.8 Å². The van der Waals surface area contributed by atoms with Crippen molar-refractivity contribution in [1.82, 2.24) is 20.5 Å². The van der Waals surface area contributed by atoms with Crippen LogP contribution in [0.25, 0.3) is 0 Å². The first-order valence-electron chi connectivity index (χ1n) is 7.55. The molecule has 1 saturated heterocycles. The minimum absolute atomic E-state index is 0.0873. The third-order valence-corrected chi connectivity index (χ3v) is 3.92. The predicted octanol–water partition coefficient (Wildman–Crippen LogP) is 1.59. The van der Waals surface area contributed by atoms with E-state index in [0.717, 1.165) is 36.4 Å². The Bertz CT molecular complexity index is 630. The zero-order chi connectivity index (χ0) is 15.4. The van der Waals surface area contributed by atoms with Gasteiger partial charge in [0.2, 0.25) is 0 Å². The fourth-order valence-electron chi connectivity index (χ4n) is 2.61. The molecule has 2 aromatic heterocycles. The molecule has 3 rings (SSSR count). The summed E-state index contributed by atoms with van der Waals surface area (Å²) in [6.07, 6.45) is 5.13. The maximum Gasteiger partial charge on any atom is 0.254 e. The van der Waals surface area contributed by atoms with E-state index in [4.69, 9.17) is 4.74 Å². The molecule has 0 aromatic carbocycles. The standard InChI is InChI=1S/C16H20N4O2/c1-11-2-3-12(8-18-11)4-6-17-16(21)14-9-19-20-15(14)13-5-7-22-10-13/h2-3,8-9,13H,4-7,10H2,1H3,(H,17,21)(H,19,20). The van der Waals surface area contributed by atoms with Crippen LogP contribution in [-0.4, -0.2) is 40.8 Å². The van der Waals surface area contributed by atoms with Gasteiger partial charge >= 0.3 is 0 Å². The first kappa shape index (κ1) is 14.7. The smallest absolute Gasteiger partial charge is 0.254 e. The van der Waals surface area contributed by atoms with Crippen molar-refractivity contribution < 1.29 is 9.53 Å². The number of nitrogens with one attached hydrogen (secondary N) is 2. The van der Waals surface area contributed by atoms with Crippen LogP contribution in [0.5, 0.6) is 0 Å². The number of carbonyl (C=O) groups excluding carboxylic acids is 1. The number of ether oxygens (including phenoxy) is 1. The first-order valence-corrected chi connectivity index (χ1v) is 7.55. The third-order valence-electron chi connectivity index (χ3n) is 3.92. The molecule has 1 fully saturated rings. The van der Waals surface area contributed by atoms with Crippen LogP contribution in [0, 0.1) is 6.92 Å². The van der Waals surface area contributed by atoms with Gasteiger partial charge in [-0.2, -0.15) is 5.10 Å². The molecule has 0 aliphatic carbocycles. The Labute approximate surface area is 129 Å². The molecule has 1 amide bonds. The summed E-state index contributed by atoms with van der Waals surface area (Å²) >= 11 is 0. The molecule has 1 aliphatic rings. The lowest BCUT2D eigenvalue weighted by Gasteiger charge is -2.09. The highest BCUT2D eigenvalue weighted by Gasteiger charge is 2.24. The van der Waals surface area contributed by atoms with Crippen molar-refractivity contribution in [2.24, 2.45) is 0 Å². The summed E-state index contributed by atoms with van der Waals surface area (Å²) in [7, 11) is 0. The number of H-pyrrole nitrogens is 1. The van der Waals surface area contributed by atoms with E-state index in [0.29, 0.717) is 18.7 Å². The second-order valence-corrected chi connectivity index (χ2v) is 5.57. The molecule has 22 heavy (non-hydrogen) atoms. The van der Waals surface area contributed by atoms with E-state index in [2.05, 4.69) is 20.5 Å². The number of nitrogens with zero attached hydrogens (tertiary/aromatic N) is 2. The van der Waals surface area contributed by atoms with Gasteiger partial charge in [0, 0.05) is 31.0 Å². The van der Waals surface area contributed by atoms with E-state index in [-0.39, 0.29) is 11.8 Å².